The minimum atomic E-state index is -0.380. The number of hydrogen-bond donors (Lipinski definition) is 1. The van der Waals surface area contributed by atoms with Crippen molar-refractivity contribution < 1.29 is 4.79 Å². The number of Topliss-reactive ketones (excluding diaryl/α,β-unsaturated/α-hetero) is 1. The van der Waals surface area contributed by atoms with Crippen LogP contribution < -0.4 is 5.56 Å². The molecule has 1 N–H and O–H groups in total. The Bertz CT molecular complexity index is 639. The van der Waals surface area contributed by atoms with Crippen LogP contribution >= 0.6 is 11.8 Å². The van der Waals surface area contributed by atoms with Crippen LogP contribution in [0.1, 0.15) is 20.8 Å². The Balaban J connectivity index is 2.18. The Morgan fingerprint density at radius 3 is 2.83 bits per heavy atom. The van der Waals surface area contributed by atoms with Gasteiger partial charge < -0.3 is 0 Å². The maximum atomic E-state index is 11.8. The van der Waals surface area contributed by atoms with E-state index >= 15 is 0 Å². The smallest absolute Gasteiger partial charge is 0.271 e. The molecule has 8 heteroatoms. The van der Waals surface area contributed by atoms with Gasteiger partial charge in [0.1, 0.15) is 12.0 Å². The summed E-state index contributed by atoms with van der Waals surface area (Å²) >= 11 is 1.25. The molecule has 0 aromatic carbocycles. The number of rotatable bonds is 3. The van der Waals surface area contributed by atoms with Crippen LogP contribution in [-0.2, 0) is 4.79 Å². The highest BCUT2D eigenvalue weighted by molar-refractivity contribution is 7.99. The Kier molecular flexibility index (Phi) is 3.20. The summed E-state index contributed by atoms with van der Waals surface area (Å²) in [5.74, 6) is 0.687. The monoisotopic (exact) mass is 267 g/mol. The van der Waals surface area contributed by atoms with Crippen LogP contribution in [-0.4, -0.2) is 36.3 Å². The van der Waals surface area contributed by atoms with Crippen molar-refractivity contribution in [2.24, 2.45) is 5.41 Å². The van der Waals surface area contributed by atoms with Gasteiger partial charge in [-0.15, -0.1) is 10.2 Å². The number of hydrogen-bond acceptors (Lipinski definition) is 6. The number of carbonyl (C=O) groups excluding carboxylic acids is 1. The minimum Gasteiger partial charge on any atom is -0.298 e. The second-order valence-electron chi connectivity index (χ2n) is 4.81. The largest absolute Gasteiger partial charge is 0.298 e. The highest BCUT2D eigenvalue weighted by Gasteiger charge is 2.22. The van der Waals surface area contributed by atoms with E-state index in [1.54, 1.807) is 0 Å². The SMILES string of the molecule is CC(C)(C)C(=O)CSc1nnc2[nH]c(=O)cnn12. The van der Waals surface area contributed by atoms with Gasteiger partial charge in [-0.05, 0) is 0 Å². The summed E-state index contributed by atoms with van der Waals surface area (Å²) in [7, 11) is 0. The second-order valence-corrected chi connectivity index (χ2v) is 5.76. The molecular formula is C10H13N5O2S. The predicted molar refractivity (Wildman–Crippen MR) is 66.6 cm³/mol. The molecule has 0 bridgehead atoms. The molecule has 0 unspecified atom stereocenters. The van der Waals surface area contributed by atoms with Gasteiger partial charge in [0.05, 0.1) is 5.75 Å². The van der Waals surface area contributed by atoms with Crippen molar-refractivity contribution in [1.82, 2.24) is 24.8 Å². The molecule has 0 saturated heterocycles. The Labute approximate surface area is 107 Å². The molecule has 0 aliphatic heterocycles. The zero-order chi connectivity index (χ0) is 13.3. The first kappa shape index (κ1) is 12.7. The minimum absolute atomic E-state index is 0.119. The van der Waals surface area contributed by atoms with Gasteiger partial charge in [0, 0.05) is 5.41 Å². The molecule has 96 valence electrons. The van der Waals surface area contributed by atoms with Gasteiger partial charge in [0.2, 0.25) is 5.16 Å². The molecule has 0 fully saturated rings. The maximum absolute atomic E-state index is 11.8. The van der Waals surface area contributed by atoms with E-state index in [4.69, 9.17) is 0 Å². The fourth-order valence-electron chi connectivity index (χ4n) is 1.14. The fraction of sp³-hybridized carbons (Fsp3) is 0.500. The normalized spacial score (nSPS) is 11.9. The topological polar surface area (TPSA) is 93.0 Å². The molecule has 0 aliphatic carbocycles. The third-order valence-corrected chi connectivity index (χ3v) is 3.23. The van der Waals surface area contributed by atoms with E-state index in [0.717, 1.165) is 6.20 Å². The number of carbonyl (C=O) groups is 1. The van der Waals surface area contributed by atoms with Crippen molar-refractivity contribution in [3.05, 3.63) is 16.6 Å². The highest BCUT2D eigenvalue weighted by atomic mass is 32.2. The first-order valence-electron chi connectivity index (χ1n) is 5.35. The molecule has 2 rings (SSSR count). The molecule has 18 heavy (non-hydrogen) atoms. The van der Waals surface area contributed by atoms with E-state index in [1.807, 2.05) is 20.8 Å². The summed E-state index contributed by atoms with van der Waals surface area (Å²) in [6.45, 7) is 5.61. The van der Waals surface area contributed by atoms with Crippen molar-refractivity contribution in [2.75, 3.05) is 5.75 Å². The number of nitrogens with zero attached hydrogens (tertiary/aromatic N) is 4. The van der Waals surface area contributed by atoms with Crippen molar-refractivity contribution in [1.29, 1.82) is 0 Å². The van der Waals surface area contributed by atoms with Crippen LogP contribution in [0.4, 0.5) is 0 Å². The van der Waals surface area contributed by atoms with Gasteiger partial charge in [-0.1, -0.05) is 32.5 Å². The van der Waals surface area contributed by atoms with E-state index in [1.165, 1.54) is 16.3 Å². The number of H-pyrrole nitrogens is 1. The van der Waals surface area contributed by atoms with E-state index < -0.39 is 0 Å². The Morgan fingerprint density at radius 1 is 1.44 bits per heavy atom. The molecule has 0 atom stereocenters. The average Bonchev–Trinajstić information content (AvgIpc) is 2.66. The van der Waals surface area contributed by atoms with E-state index in [9.17, 15) is 9.59 Å². The number of thioether (sulfide) groups is 1. The fourth-order valence-corrected chi connectivity index (χ4v) is 2.18. The van der Waals surface area contributed by atoms with Gasteiger partial charge in [-0.3, -0.25) is 14.6 Å². The van der Waals surface area contributed by atoms with Crippen LogP contribution in [0.3, 0.4) is 0 Å². The summed E-state index contributed by atoms with van der Waals surface area (Å²) in [6, 6.07) is 0. The molecule has 0 spiro atoms. The summed E-state index contributed by atoms with van der Waals surface area (Å²) in [5.41, 5.74) is -0.716. The van der Waals surface area contributed by atoms with E-state index in [-0.39, 0.29) is 22.5 Å². The van der Waals surface area contributed by atoms with Gasteiger partial charge in [-0.25, -0.2) is 0 Å². The number of aromatic nitrogens is 5. The number of nitrogens with one attached hydrogen (secondary N) is 1. The van der Waals surface area contributed by atoms with E-state index in [2.05, 4.69) is 20.3 Å². The van der Waals surface area contributed by atoms with Crippen LogP contribution in [0.5, 0.6) is 0 Å². The van der Waals surface area contributed by atoms with Crippen LogP contribution in [0.2, 0.25) is 0 Å². The lowest BCUT2D eigenvalue weighted by Gasteiger charge is -2.15. The van der Waals surface area contributed by atoms with Gasteiger partial charge >= 0.3 is 0 Å². The predicted octanol–water partition coefficient (Wildman–Crippen LogP) is 0.520. The molecule has 7 nitrogen and oxygen atoms in total. The third-order valence-electron chi connectivity index (χ3n) is 2.31. The van der Waals surface area contributed by atoms with Crippen LogP contribution in [0, 0.1) is 5.41 Å². The molecule has 0 amide bonds. The first-order chi connectivity index (χ1) is 8.38. The molecule has 0 aliphatic rings. The van der Waals surface area contributed by atoms with E-state index in [0.29, 0.717) is 10.9 Å². The second kappa shape index (κ2) is 4.52. The summed E-state index contributed by atoms with van der Waals surface area (Å²) in [4.78, 5) is 25.3. The summed E-state index contributed by atoms with van der Waals surface area (Å²) < 4.78 is 1.40. The van der Waals surface area contributed by atoms with Gasteiger partial charge in [0.25, 0.3) is 11.3 Å². The maximum Gasteiger partial charge on any atom is 0.271 e. The molecular weight excluding hydrogens is 254 g/mol. The summed E-state index contributed by atoms with van der Waals surface area (Å²) in [6.07, 6.45) is 1.14. The number of aromatic amines is 1. The molecule has 2 aromatic rings. The van der Waals surface area contributed by atoms with Crippen LogP contribution in [0.25, 0.3) is 5.78 Å². The molecule has 0 saturated carbocycles. The quantitative estimate of drug-likeness (QED) is 0.815. The summed E-state index contributed by atoms with van der Waals surface area (Å²) in [5, 5.41) is 12.0. The standard InChI is InChI=1S/C10H13N5O2S/c1-10(2,3)6(16)5-18-9-14-13-8-12-7(17)4-11-15(8)9/h4H,5H2,1-3H3,(H,12,13,17). The zero-order valence-electron chi connectivity index (χ0n) is 10.3. The lowest BCUT2D eigenvalue weighted by atomic mass is 9.92. The number of fused-ring (bicyclic) bond motifs is 1. The lowest BCUT2D eigenvalue weighted by Crippen LogP contribution is -2.22. The molecule has 0 radical (unpaired) electrons. The number of ketones is 1. The first-order valence-corrected chi connectivity index (χ1v) is 6.33. The van der Waals surface area contributed by atoms with Crippen molar-refractivity contribution in [3.63, 3.8) is 0 Å². The Morgan fingerprint density at radius 2 is 2.17 bits per heavy atom. The molecule has 2 heterocycles. The lowest BCUT2D eigenvalue weighted by molar-refractivity contribution is -0.123. The highest BCUT2D eigenvalue weighted by Crippen LogP contribution is 2.21. The molecule has 2 aromatic heterocycles. The zero-order valence-corrected chi connectivity index (χ0v) is 11.1. The van der Waals surface area contributed by atoms with Crippen molar-refractivity contribution in [2.45, 2.75) is 25.9 Å². The third kappa shape index (κ3) is 2.58. The van der Waals surface area contributed by atoms with Crippen molar-refractivity contribution in [3.8, 4) is 0 Å². The van der Waals surface area contributed by atoms with Crippen molar-refractivity contribution >= 4 is 23.3 Å². The average molecular weight is 267 g/mol. The van der Waals surface area contributed by atoms with Gasteiger partial charge in [0.15, 0.2) is 0 Å². The van der Waals surface area contributed by atoms with Crippen LogP contribution in [0.15, 0.2) is 16.1 Å². The Hall–Kier alpha value is -1.70. The van der Waals surface area contributed by atoms with Gasteiger partial charge in [-0.2, -0.15) is 9.61 Å².